The van der Waals surface area contributed by atoms with E-state index in [0.717, 1.165) is 19.4 Å². The van der Waals surface area contributed by atoms with E-state index in [0.29, 0.717) is 23.5 Å². The molecule has 1 N–H and O–H groups in total. The highest BCUT2D eigenvalue weighted by Crippen LogP contribution is 2.44. The SMILES string of the molecule is CCCOc1cccc(NCC2(CC)CCC2)c1[N+](=O)[O-]. The second-order valence-corrected chi connectivity index (χ2v) is 5.82. The molecule has 1 aromatic rings. The van der Waals surface area contributed by atoms with Gasteiger partial charge in [-0.2, -0.15) is 0 Å². The van der Waals surface area contributed by atoms with Crippen molar-refractivity contribution in [1.82, 2.24) is 0 Å². The first-order valence-electron chi connectivity index (χ1n) is 7.76. The van der Waals surface area contributed by atoms with Crippen molar-refractivity contribution < 1.29 is 9.66 Å². The minimum atomic E-state index is -0.354. The Morgan fingerprint density at radius 3 is 2.67 bits per heavy atom. The smallest absolute Gasteiger partial charge is 0.333 e. The van der Waals surface area contributed by atoms with E-state index in [1.165, 1.54) is 19.3 Å². The van der Waals surface area contributed by atoms with E-state index < -0.39 is 0 Å². The van der Waals surface area contributed by atoms with E-state index in [9.17, 15) is 10.1 Å². The topological polar surface area (TPSA) is 64.4 Å². The van der Waals surface area contributed by atoms with Crippen LogP contribution in [-0.2, 0) is 0 Å². The average molecular weight is 292 g/mol. The first kappa shape index (κ1) is 15.6. The Hall–Kier alpha value is -1.78. The van der Waals surface area contributed by atoms with E-state index >= 15 is 0 Å². The van der Waals surface area contributed by atoms with E-state index in [1.54, 1.807) is 18.2 Å². The molecule has 2 rings (SSSR count). The van der Waals surface area contributed by atoms with Crippen molar-refractivity contribution in [2.45, 2.75) is 46.0 Å². The van der Waals surface area contributed by atoms with Gasteiger partial charge in [-0.25, -0.2) is 0 Å². The molecule has 1 aliphatic rings. The van der Waals surface area contributed by atoms with Gasteiger partial charge in [-0.3, -0.25) is 10.1 Å². The summed E-state index contributed by atoms with van der Waals surface area (Å²) in [4.78, 5) is 11.0. The number of nitro groups is 1. The van der Waals surface area contributed by atoms with Crippen LogP contribution in [0, 0.1) is 15.5 Å². The number of rotatable bonds is 8. The lowest BCUT2D eigenvalue weighted by Crippen LogP contribution is -2.35. The lowest BCUT2D eigenvalue weighted by molar-refractivity contribution is -0.385. The molecule has 0 bridgehead atoms. The molecule has 5 heteroatoms. The third kappa shape index (κ3) is 3.46. The fourth-order valence-corrected chi connectivity index (χ4v) is 2.80. The van der Waals surface area contributed by atoms with Crippen LogP contribution in [0.3, 0.4) is 0 Å². The van der Waals surface area contributed by atoms with Gasteiger partial charge >= 0.3 is 5.69 Å². The molecule has 0 spiro atoms. The fraction of sp³-hybridized carbons (Fsp3) is 0.625. The van der Waals surface area contributed by atoms with Gasteiger partial charge in [0.1, 0.15) is 5.69 Å². The predicted octanol–water partition coefficient (Wildman–Crippen LogP) is 4.38. The summed E-state index contributed by atoms with van der Waals surface area (Å²) in [7, 11) is 0. The summed E-state index contributed by atoms with van der Waals surface area (Å²) >= 11 is 0. The number of nitrogens with zero attached hydrogens (tertiary/aromatic N) is 1. The predicted molar refractivity (Wildman–Crippen MR) is 83.9 cm³/mol. The number of hydrogen-bond acceptors (Lipinski definition) is 4. The first-order valence-corrected chi connectivity index (χ1v) is 7.76. The number of nitrogens with one attached hydrogen (secondary N) is 1. The maximum absolute atomic E-state index is 11.4. The summed E-state index contributed by atoms with van der Waals surface area (Å²) in [5.74, 6) is 0.353. The second kappa shape index (κ2) is 6.78. The Balaban J connectivity index is 2.16. The highest BCUT2D eigenvalue weighted by molar-refractivity contribution is 5.68. The number of ether oxygens (including phenoxy) is 1. The number of hydrogen-bond donors (Lipinski definition) is 1. The summed E-state index contributed by atoms with van der Waals surface area (Å²) in [6.07, 6.45) is 5.61. The molecule has 1 aliphatic carbocycles. The zero-order valence-corrected chi connectivity index (χ0v) is 12.9. The Bertz CT molecular complexity index is 493. The van der Waals surface area contributed by atoms with Gasteiger partial charge in [0.2, 0.25) is 0 Å². The van der Waals surface area contributed by atoms with Crippen molar-refractivity contribution in [3.8, 4) is 5.75 Å². The molecule has 1 fully saturated rings. The number of nitro benzene ring substituents is 1. The molecule has 1 saturated carbocycles. The molecule has 21 heavy (non-hydrogen) atoms. The summed E-state index contributed by atoms with van der Waals surface area (Å²) in [5.41, 5.74) is 0.929. The number of benzene rings is 1. The molecule has 0 amide bonds. The van der Waals surface area contributed by atoms with Crippen LogP contribution in [0.2, 0.25) is 0 Å². The quantitative estimate of drug-likeness (QED) is 0.570. The summed E-state index contributed by atoms with van der Waals surface area (Å²) in [5, 5.41) is 14.7. The summed E-state index contributed by atoms with van der Waals surface area (Å²) < 4.78 is 5.51. The lowest BCUT2D eigenvalue weighted by Gasteiger charge is -2.41. The van der Waals surface area contributed by atoms with Gasteiger partial charge in [-0.05, 0) is 43.2 Å². The molecule has 1 aromatic carbocycles. The van der Waals surface area contributed by atoms with Crippen molar-refractivity contribution in [2.24, 2.45) is 5.41 Å². The zero-order chi connectivity index (χ0) is 15.3. The summed E-state index contributed by atoms with van der Waals surface area (Å²) in [6, 6.07) is 5.23. The van der Waals surface area contributed by atoms with Gasteiger partial charge in [0.25, 0.3) is 0 Å². The Morgan fingerprint density at radius 1 is 1.38 bits per heavy atom. The van der Waals surface area contributed by atoms with Crippen LogP contribution < -0.4 is 10.1 Å². The van der Waals surface area contributed by atoms with Crippen molar-refractivity contribution in [3.05, 3.63) is 28.3 Å². The third-order valence-corrected chi connectivity index (χ3v) is 4.46. The van der Waals surface area contributed by atoms with Crippen LogP contribution in [0.5, 0.6) is 5.75 Å². The van der Waals surface area contributed by atoms with Gasteiger partial charge in [0, 0.05) is 6.54 Å². The van der Waals surface area contributed by atoms with Crippen LogP contribution in [-0.4, -0.2) is 18.1 Å². The minimum Gasteiger partial charge on any atom is -0.487 e. The van der Waals surface area contributed by atoms with E-state index in [1.807, 2.05) is 6.92 Å². The lowest BCUT2D eigenvalue weighted by atomic mass is 9.67. The normalized spacial score (nSPS) is 16.1. The second-order valence-electron chi connectivity index (χ2n) is 5.82. The Morgan fingerprint density at radius 2 is 2.14 bits per heavy atom. The zero-order valence-electron chi connectivity index (χ0n) is 12.9. The van der Waals surface area contributed by atoms with Gasteiger partial charge in [0.05, 0.1) is 11.5 Å². The monoisotopic (exact) mass is 292 g/mol. The maximum atomic E-state index is 11.4. The van der Waals surface area contributed by atoms with Gasteiger partial charge < -0.3 is 10.1 Å². The van der Waals surface area contributed by atoms with Gasteiger partial charge in [-0.15, -0.1) is 0 Å². The first-order chi connectivity index (χ1) is 10.1. The number of para-hydroxylation sites is 1. The maximum Gasteiger partial charge on any atom is 0.333 e. The molecule has 0 heterocycles. The summed E-state index contributed by atoms with van der Waals surface area (Å²) in [6.45, 7) is 5.45. The molecule has 116 valence electrons. The highest BCUT2D eigenvalue weighted by atomic mass is 16.6. The number of anilines is 1. The van der Waals surface area contributed by atoms with E-state index in [4.69, 9.17) is 4.74 Å². The van der Waals surface area contributed by atoms with Crippen molar-refractivity contribution in [1.29, 1.82) is 0 Å². The average Bonchev–Trinajstić information content (AvgIpc) is 2.44. The largest absolute Gasteiger partial charge is 0.487 e. The van der Waals surface area contributed by atoms with E-state index in [2.05, 4.69) is 12.2 Å². The van der Waals surface area contributed by atoms with Gasteiger partial charge in [0.15, 0.2) is 5.75 Å². The van der Waals surface area contributed by atoms with Crippen molar-refractivity contribution in [3.63, 3.8) is 0 Å². The Kier molecular flexibility index (Phi) is 5.04. The molecule has 0 saturated heterocycles. The molecule has 0 radical (unpaired) electrons. The van der Waals surface area contributed by atoms with Crippen molar-refractivity contribution in [2.75, 3.05) is 18.5 Å². The van der Waals surface area contributed by atoms with E-state index in [-0.39, 0.29) is 10.6 Å². The third-order valence-electron chi connectivity index (χ3n) is 4.46. The minimum absolute atomic E-state index is 0.0523. The molecule has 0 aromatic heterocycles. The van der Waals surface area contributed by atoms with Crippen LogP contribution in [0.15, 0.2) is 18.2 Å². The fourth-order valence-electron chi connectivity index (χ4n) is 2.80. The molecule has 0 aliphatic heterocycles. The standard InChI is InChI=1S/C16H24N2O3/c1-3-11-21-14-8-5-7-13(15(14)18(19)20)17-12-16(4-2)9-6-10-16/h5,7-8,17H,3-4,6,9-12H2,1-2H3. The van der Waals surface area contributed by atoms with Gasteiger partial charge in [-0.1, -0.05) is 26.3 Å². The molecular weight excluding hydrogens is 268 g/mol. The molecule has 0 atom stereocenters. The Labute approximate surface area is 125 Å². The van der Waals surface area contributed by atoms with Crippen LogP contribution in [0.25, 0.3) is 0 Å². The van der Waals surface area contributed by atoms with Crippen LogP contribution >= 0.6 is 0 Å². The van der Waals surface area contributed by atoms with Crippen LogP contribution in [0.1, 0.15) is 46.0 Å². The van der Waals surface area contributed by atoms with Crippen molar-refractivity contribution >= 4 is 11.4 Å². The molecule has 5 nitrogen and oxygen atoms in total. The highest BCUT2D eigenvalue weighted by Gasteiger charge is 2.35. The molecular formula is C16H24N2O3. The van der Waals surface area contributed by atoms with Crippen LogP contribution in [0.4, 0.5) is 11.4 Å². The molecule has 0 unspecified atom stereocenters.